The lowest BCUT2D eigenvalue weighted by molar-refractivity contribution is 0.827. The van der Waals surface area contributed by atoms with E-state index < -0.39 is 0 Å². The highest BCUT2D eigenvalue weighted by Gasteiger charge is 2.10. The molecular weight excluding hydrogens is 328 g/mol. The number of imidazole rings is 1. The van der Waals surface area contributed by atoms with Crippen LogP contribution < -0.4 is 5.73 Å². The molecule has 0 aliphatic heterocycles. The molecule has 0 fully saturated rings. The normalized spacial score (nSPS) is 11.1. The maximum absolute atomic E-state index is 5.94. The van der Waals surface area contributed by atoms with E-state index in [-0.39, 0.29) is 0 Å². The zero-order valence-corrected chi connectivity index (χ0v) is 12.2. The van der Waals surface area contributed by atoms with Crippen LogP contribution in [0.25, 0.3) is 11.2 Å². The van der Waals surface area contributed by atoms with Gasteiger partial charge in [0.25, 0.3) is 0 Å². The molecule has 19 heavy (non-hydrogen) atoms. The zero-order valence-electron chi connectivity index (χ0n) is 9.85. The molecule has 0 saturated heterocycles. The van der Waals surface area contributed by atoms with Gasteiger partial charge in [0.15, 0.2) is 5.65 Å². The van der Waals surface area contributed by atoms with Gasteiger partial charge in [0.2, 0.25) is 5.95 Å². The fraction of sp³-hybridized carbons (Fsp3) is 0.0769. The van der Waals surface area contributed by atoms with Crippen LogP contribution in [0, 0.1) is 0 Å². The van der Waals surface area contributed by atoms with Crippen LogP contribution in [0.4, 0.5) is 5.95 Å². The highest BCUT2D eigenvalue weighted by molar-refractivity contribution is 9.10. The summed E-state index contributed by atoms with van der Waals surface area (Å²) in [6, 6.07) is 9.82. The standard InChI is InChI=1S/C13H10BrClN4/c14-9-3-1-8(2-4-9)7-19-12-11(18-13(19)16)5-10(15)6-17-12/h1-6H,7H2,(H2,16,18). The molecule has 2 N–H and O–H groups in total. The molecule has 0 aliphatic carbocycles. The van der Waals surface area contributed by atoms with Crippen LogP contribution in [0.1, 0.15) is 5.56 Å². The van der Waals surface area contributed by atoms with Gasteiger partial charge in [0.05, 0.1) is 11.6 Å². The van der Waals surface area contributed by atoms with Crippen molar-refractivity contribution in [3.8, 4) is 0 Å². The minimum absolute atomic E-state index is 0.438. The number of anilines is 1. The number of nitrogen functional groups attached to an aromatic ring is 1. The van der Waals surface area contributed by atoms with Crippen molar-refractivity contribution in [2.45, 2.75) is 6.54 Å². The number of benzene rings is 1. The first kappa shape index (κ1) is 12.4. The number of aromatic nitrogens is 3. The van der Waals surface area contributed by atoms with E-state index in [0.717, 1.165) is 15.7 Å². The van der Waals surface area contributed by atoms with E-state index in [2.05, 4.69) is 25.9 Å². The molecule has 3 aromatic rings. The largest absolute Gasteiger partial charge is 0.369 e. The van der Waals surface area contributed by atoms with Crippen LogP contribution in [-0.4, -0.2) is 14.5 Å². The molecule has 6 heteroatoms. The van der Waals surface area contributed by atoms with Crippen molar-refractivity contribution < 1.29 is 0 Å². The van der Waals surface area contributed by atoms with Gasteiger partial charge in [-0.25, -0.2) is 9.97 Å². The molecule has 1 aromatic carbocycles. The number of hydrogen-bond donors (Lipinski definition) is 1. The molecule has 0 saturated carbocycles. The Bertz CT molecular complexity index is 736. The fourth-order valence-electron chi connectivity index (χ4n) is 1.93. The molecule has 0 radical (unpaired) electrons. The molecule has 0 unspecified atom stereocenters. The summed E-state index contributed by atoms with van der Waals surface area (Å²) in [6.45, 7) is 0.629. The molecule has 2 aromatic heterocycles. The third-order valence-electron chi connectivity index (χ3n) is 2.84. The predicted octanol–water partition coefficient (Wildman–Crippen LogP) is 3.48. The van der Waals surface area contributed by atoms with Gasteiger partial charge in [-0.1, -0.05) is 39.7 Å². The zero-order chi connectivity index (χ0) is 13.4. The van der Waals surface area contributed by atoms with E-state index in [1.165, 1.54) is 0 Å². The minimum Gasteiger partial charge on any atom is -0.369 e. The Morgan fingerprint density at radius 1 is 1.26 bits per heavy atom. The smallest absolute Gasteiger partial charge is 0.202 e. The van der Waals surface area contributed by atoms with Gasteiger partial charge in [-0.15, -0.1) is 0 Å². The van der Waals surface area contributed by atoms with Gasteiger partial charge in [0.1, 0.15) is 5.52 Å². The molecule has 0 aliphatic rings. The summed E-state index contributed by atoms with van der Waals surface area (Å²) >= 11 is 9.31. The van der Waals surface area contributed by atoms with E-state index in [0.29, 0.717) is 23.0 Å². The first-order chi connectivity index (χ1) is 9.13. The highest BCUT2D eigenvalue weighted by Crippen LogP contribution is 2.21. The lowest BCUT2D eigenvalue weighted by atomic mass is 10.2. The summed E-state index contributed by atoms with van der Waals surface area (Å²) in [6.07, 6.45) is 1.60. The molecule has 96 valence electrons. The van der Waals surface area contributed by atoms with Crippen molar-refractivity contribution in [2.24, 2.45) is 0 Å². The van der Waals surface area contributed by atoms with Gasteiger partial charge in [-0.2, -0.15) is 0 Å². The second kappa shape index (κ2) is 4.83. The highest BCUT2D eigenvalue weighted by atomic mass is 79.9. The van der Waals surface area contributed by atoms with Crippen molar-refractivity contribution in [3.63, 3.8) is 0 Å². The fourth-order valence-corrected chi connectivity index (χ4v) is 2.35. The summed E-state index contributed by atoms with van der Waals surface area (Å²) in [5.74, 6) is 0.438. The van der Waals surface area contributed by atoms with Crippen LogP contribution in [0.3, 0.4) is 0 Å². The summed E-state index contributed by atoms with van der Waals surface area (Å²) in [5, 5.41) is 0.556. The third-order valence-corrected chi connectivity index (χ3v) is 3.57. The van der Waals surface area contributed by atoms with Gasteiger partial charge < -0.3 is 5.73 Å². The average Bonchev–Trinajstić information content (AvgIpc) is 2.68. The Hall–Kier alpha value is -1.59. The Balaban J connectivity index is 2.05. The van der Waals surface area contributed by atoms with Crippen LogP contribution in [0.15, 0.2) is 41.0 Å². The van der Waals surface area contributed by atoms with Crippen LogP contribution in [0.2, 0.25) is 5.02 Å². The monoisotopic (exact) mass is 336 g/mol. The van der Waals surface area contributed by atoms with Crippen molar-refractivity contribution in [1.29, 1.82) is 0 Å². The minimum atomic E-state index is 0.438. The Morgan fingerprint density at radius 2 is 2.00 bits per heavy atom. The predicted molar refractivity (Wildman–Crippen MR) is 80.2 cm³/mol. The van der Waals surface area contributed by atoms with Crippen LogP contribution in [0.5, 0.6) is 0 Å². The lowest BCUT2D eigenvalue weighted by Gasteiger charge is -2.06. The molecule has 0 atom stereocenters. The Labute approximate surface area is 123 Å². The summed E-state index contributed by atoms with van der Waals surface area (Å²) in [5.41, 5.74) is 8.52. The second-order valence-corrected chi connectivity index (χ2v) is 5.53. The number of pyridine rings is 1. The number of nitrogens with two attached hydrogens (primary N) is 1. The topological polar surface area (TPSA) is 56.7 Å². The SMILES string of the molecule is Nc1nc2cc(Cl)cnc2n1Cc1ccc(Br)cc1. The summed E-state index contributed by atoms with van der Waals surface area (Å²) < 4.78 is 2.92. The maximum Gasteiger partial charge on any atom is 0.202 e. The molecule has 0 amide bonds. The average molecular weight is 338 g/mol. The van der Waals surface area contributed by atoms with Crippen LogP contribution in [-0.2, 0) is 6.54 Å². The van der Waals surface area contributed by atoms with Gasteiger partial charge in [-0.3, -0.25) is 4.57 Å². The molecular formula is C13H10BrClN4. The van der Waals surface area contributed by atoms with Gasteiger partial charge in [-0.05, 0) is 23.8 Å². The molecule has 4 nitrogen and oxygen atoms in total. The quantitative estimate of drug-likeness (QED) is 0.779. The molecule has 2 heterocycles. The van der Waals surface area contributed by atoms with E-state index >= 15 is 0 Å². The van der Waals surface area contributed by atoms with Crippen molar-refractivity contribution >= 4 is 44.6 Å². The first-order valence-corrected chi connectivity index (χ1v) is 6.82. The molecule has 0 spiro atoms. The van der Waals surface area contributed by atoms with E-state index in [1.807, 2.05) is 28.8 Å². The van der Waals surface area contributed by atoms with Crippen LogP contribution >= 0.6 is 27.5 Å². The Kier molecular flexibility index (Phi) is 3.16. The summed E-state index contributed by atoms with van der Waals surface area (Å²) in [4.78, 5) is 8.57. The number of fused-ring (bicyclic) bond motifs is 1. The van der Waals surface area contributed by atoms with E-state index in [4.69, 9.17) is 17.3 Å². The van der Waals surface area contributed by atoms with E-state index in [1.54, 1.807) is 12.3 Å². The van der Waals surface area contributed by atoms with E-state index in [9.17, 15) is 0 Å². The maximum atomic E-state index is 5.94. The summed E-state index contributed by atoms with van der Waals surface area (Å²) in [7, 11) is 0. The lowest BCUT2D eigenvalue weighted by Crippen LogP contribution is -2.05. The van der Waals surface area contributed by atoms with Crippen molar-refractivity contribution in [3.05, 3.63) is 51.6 Å². The number of hydrogen-bond acceptors (Lipinski definition) is 3. The molecule has 0 bridgehead atoms. The van der Waals surface area contributed by atoms with Gasteiger partial charge in [0, 0.05) is 10.7 Å². The van der Waals surface area contributed by atoms with Crippen molar-refractivity contribution in [1.82, 2.24) is 14.5 Å². The van der Waals surface area contributed by atoms with Crippen molar-refractivity contribution in [2.75, 3.05) is 5.73 Å². The number of halogens is 2. The van der Waals surface area contributed by atoms with Gasteiger partial charge >= 0.3 is 0 Å². The number of rotatable bonds is 2. The second-order valence-electron chi connectivity index (χ2n) is 4.18. The Morgan fingerprint density at radius 3 is 2.74 bits per heavy atom. The molecule has 3 rings (SSSR count). The first-order valence-electron chi connectivity index (χ1n) is 5.65. The number of nitrogens with zero attached hydrogens (tertiary/aromatic N) is 3. The third kappa shape index (κ3) is 2.43.